The topological polar surface area (TPSA) is 93.8 Å². The van der Waals surface area contributed by atoms with Gasteiger partial charge in [-0.2, -0.15) is 0 Å². The van der Waals surface area contributed by atoms with Crippen molar-refractivity contribution in [3.63, 3.8) is 0 Å². The van der Waals surface area contributed by atoms with E-state index in [0.717, 1.165) is 52.0 Å². The fourth-order valence-corrected chi connectivity index (χ4v) is 3.43. The molecule has 134 valence electrons. The molecule has 0 aliphatic rings. The van der Waals surface area contributed by atoms with Crippen LogP contribution in [0.1, 0.15) is 29.8 Å². The Kier molecular flexibility index (Phi) is 5.91. The SMILES string of the molecule is Cc1ccnc(Nc2cccc(-c3cnc(CCCCC(N)=O)s3)n2)c1. The molecule has 0 fully saturated rings. The maximum atomic E-state index is 10.8. The monoisotopic (exact) mass is 367 g/mol. The zero-order chi connectivity index (χ0) is 18.4. The van der Waals surface area contributed by atoms with Gasteiger partial charge in [-0.25, -0.2) is 15.0 Å². The highest BCUT2D eigenvalue weighted by Gasteiger charge is 2.07. The first-order valence-corrected chi connectivity index (χ1v) is 9.32. The van der Waals surface area contributed by atoms with Crippen molar-refractivity contribution in [2.24, 2.45) is 5.73 Å². The fourth-order valence-electron chi connectivity index (χ4n) is 2.50. The summed E-state index contributed by atoms with van der Waals surface area (Å²) in [6, 6.07) is 9.79. The lowest BCUT2D eigenvalue weighted by Gasteiger charge is -2.06. The Morgan fingerprint density at radius 2 is 2.08 bits per heavy atom. The van der Waals surface area contributed by atoms with Gasteiger partial charge in [0, 0.05) is 18.8 Å². The van der Waals surface area contributed by atoms with Crippen LogP contribution in [0.5, 0.6) is 0 Å². The van der Waals surface area contributed by atoms with E-state index in [4.69, 9.17) is 5.73 Å². The van der Waals surface area contributed by atoms with E-state index in [0.29, 0.717) is 6.42 Å². The van der Waals surface area contributed by atoms with Gasteiger partial charge in [-0.15, -0.1) is 11.3 Å². The van der Waals surface area contributed by atoms with E-state index in [9.17, 15) is 4.79 Å². The van der Waals surface area contributed by atoms with Gasteiger partial charge in [0.25, 0.3) is 0 Å². The van der Waals surface area contributed by atoms with Crippen molar-refractivity contribution < 1.29 is 4.79 Å². The minimum atomic E-state index is -0.249. The van der Waals surface area contributed by atoms with Crippen molar-refractivity contribution in [3.05, 3.63) is 53.3 Å². The molecule has 3 rings (SSSR count). The van der Waals surface area contributed by atoms with Crippen LogP contribution in [0.15, 0.2) is 42.7 Å². The average Bonchev–Trinajstić information content (AvgIpc) is 3.08. The number of anilines is 2. The van der Waals surface area contributed by atoms with E-state index >= 15 is 0 Å². The standard InChI is InChI=1S/C19H21N5OS/c1-13-9-10-21-18(11-13)24-17-7-4-5-14(23-17)15-12-22-19(26-15)8-3-2-6-16(20)25/h4-5,7,9-12H,2-3,6,8H2,1H3,(H2,20,25)(H,21,23,24). The summed E-state index contributed by atoms with van der Waals surface area (Å²) in [6.07, 6.45) is 6.61. The highest BCUT2D eigenvalue weighted by molar-refractivity contribution is 7.15. The summed E-state index contributed by atoms with van der Waals surface area (Å²) in [6.45, 7) is 2.03. The van der Waals surface area contributed by atoms with Gasteiger partial charge in [0.05, 0.1) is 15.6 Å². The number of hydrogen-bond acceptors (Lipinski definition) is 6. The Balaban J connectivity index is 1.65. The van der Waals surface area contributed by atoms with Crippen LogP contribution < -0.4 is 11.1 Å². The average molecular weight is 367 g/mol. The molecule has 0 unspecified atom stereocenters. The van der Waals surface area contributed by atoms with Crippen LogP contribution in [-0.4, -0.2) is 20.9 Å². The highest BCUT2D eigenvalue weighted by atomic mass is 32.1. The minimum Gasteiger partial charge on any atom is -0.370 e. The van der Waals surface area contributed by atoms with Crippen molar-refractivity contribution in [1.82, 2.24) is 15.0 Å². The number of thiazole rings is 1. The predicted molar refractivity (Wildman–Crippen MR) is 104 cm³/mol. The third-order valence-corrected chi connectivity index (χ3v) is 4.87. The lowest BCUT2D eigenvalue weighted by molar-refractivity contribution is -0.118. The first kappa shape index (κ1) is 18.0. The number of carbonyl (C=O) groups is 1. The van der Waals surface area contributed by atoms with Crippen LogP contribution >= 0.6 is 11.3 Å². The molecule has 3 heterocycles. The second kappa shape index (κ2) is 8.53. The smallest absolute Gasteiger partial charge is 0.217 e. The van der Waals surface area contributed by atoms with Crippen molar-refractivity contribution in [2.75, 3.05) is 5.32 Å². The molecule has 1 amide bonds. The van der Waals surface area contributed by atoms with Crippen LogP contribution in [0.25, 0.3) is 10.6 Å². The number of amides is 1. The molecule has 0 radical (unpaired) electrons. The van der Waals surface area contributed by atoms with Gasteiger partial charge in [-0.1, -0.05) is 6.07 Å². The van der Waals surface area contributed by atoms with E-state index < -0.39 is 0 Å². The zero-order valence-corrected chi connectivity index (χ0v) is 15.4. The number of hydrogen-bond donors (Lipinski definition) is 2. The van der Waals surface area contributed by atoms with Gasteiger partial charge in [-0.05, 0) is 56.0 Å². The predicted octanol–water partition coefficient (Wildman–Crippen LogP) is 3.85. The van der Waals surface area contributed by atoms with Crippen LogP contribution in [0.4, 0.5) is 11.6 Å². The molecule has 7 heteroatoms. The number of nitrogens with two attached hydrogens (primary N) is 1. The van der Waals surface area contributed by atoms with Crippen LogP contribution in [0.3, 0.4) is 0 Å². The molecule has 26 heavy (non-hydrogen) atoms. The molecule has 3 aromatic rings. The number of pyridine rings is 2. The van der Waals surface area contributed by atoms with Gasteiger partial charge >= 0.3 is 0 Å². The maximum Gasteiger partial charge on any atom is 0.217 e. The Hall–Kier alpha value is -2.80. The maximum absolute atomic E-state index is 10.8. The van der Waals surface area contributed by atoms with Crippen molar-refractivity contribution in [2.45, 2.75) is 32.6 Å². The molecule has 3 aromatic heterocycles. The van der Waals surface area contributed by atoms with Gasteiger partial charge < -0.3 is 11.1 Å². The molecule has 0 aliphatic carbocycles. The first-order valence-electron chi connectivity index (χ1n) is 8.50. The summed E-state index contributed by atoms with van der Waals surface area (Å²) in [5, 5.41) is 4.28. The van der Waals surface area contributed by atoms with E-state index in [2.05, 4.69) is 20.3 Å². The lowest BCUT2D eigenvalue weighted by Crippen LogP contribution is -2.09. The molecule has 0 aromatic carbocycles. The normalized spacial score (nSPS) is 10.7. The number of rotatable bonds is 8. The number of aryl methyl sites for hydroxylation is 2. The van der Waals surface area contributed by atoms with Crippen LogP contribution in [0, 0.1) is 6.92 Å². The Morgan fingerprint density at radius 3 is 2.88 bits per heavy atom. The van der Waals surface area contributed by atoms with Gasteiger partial charge in [0.15, 0.2) is 0 Å². The molecule has 3 N–H and O–H groups in total. The van der Waals surface area contributed by atoms with Crippen molar-refractivity contribution in [3.8, 4) is 10.6 Å². The summed E-state index contributed by atoms with van der Waals surface area (Å²) in [5.41, 5.74) is 7.18. The Morgan fingerprint density at radius 1 is 1.19 bits per heavy atom. The molecule has 6 nitrogen and oxygen atoms in total. The fraction of sp³-hybridized carbons (Fsp3) is 0.263. The molecular weight excluding hydrogens is 346 g/mol. The lowest BCUT2D eigenvalue weighted by atomic mass is 10.2. The molecule has 0 saturated carbocycles. The van der Waals surface area contributed by atoms with Crippen LogP contribution in [-0.2, 0) is 11.2 Å². The summed E-state index contributed by atoms with van der Waals surface area (Å²) in [4.78, 5) is 25.2. The third kappa shape index (κ3) is 5.10. The van der Waals surface area contributed by atoms with E-state index in [1.54, 1.807) is 17.5 Å². The number of nitrogens with zero attached hydrogens (tertiary/aromatic N) is 3. The van der Waals surface area contributed by atoms with E-state index in [1.165, 1.54) is 0 Å². The van der Waals surface area contributed by atoms with E-state index in [-0.39, 0.29) is 5.91 Å². The summed E-state index contributed by atoms with van der Waals surface area (Å²) < 4.78 is 0. The van der Waals surface area contributed by atoms with Crippen molar-refractivity contribution >= 4 is 28.9 Å². The van der Waals surface area contributed by atoms with Gasteiger partial charge in [0.2, 0.25) is 5.91 Å². The zero-order valence-electron chi connectivity index (χ0n) is 14.6. The Bertz CT molecular complexity index is 893. The van der Waals surface area contributed by atoms with Crippen LogP contribution in [0.2, 0.25) is 0 Å². The number of aromatic nitrogens is 3. The molecule has 0 spiro atoms. The number of unbranched alkanes of at least 4 members (excludes halogenated alkanes) is 1. The summed E-state index contributed by atoms with van der Waals surface area (Å²) in [7, 11) is 0. The molecule has 0 bridgehead atoms. The number of carbonyl (C=O) groups excluding carboxylic acids is 1. The van der Waals surface area contributed by atoms with Crippen molar-refractivity contribution in [1.29, 1.82) is 0 Å². The summed E-state index contributed by atoms with van der Waals surface area (Å²) >= 11 is 1.63. The largest absolute Gasteiger partial charge is 0.370 e. The second-order valence-electron chi connectivity index (χ2n) is 6.04. The highest BCUT2D eigenvalue weighted by Crippen LogP contribution is 2.27. The summed E-state index contributed by atoms with van der Waals surface area (Å²) in [5.74, 6) is 1.27. The number of nitrogens with one attached hydrogen (secondary N) is 1. The minimum absolute atomic E-state index is 0.249. The van der Waals surface area contributed by atoms with Gasteiger partial charge in [-0.3, -0.25) is 4.79 Å². The second-order valence-corrected chi connectivity index (χ2v) is 7.16. The molecular formula is C19H21N5OS. The molecule has 0 atom stereocenters. The Labute approximate surface area is 156 Å². The van der Waals surface area contributed by atoms with Gasteiger partial charge in [0.1, 0.15) is 11.6 Å². The first-order chi connectivity index (χ1) is 12.6. The quantitative estimate of drug-likeness (QED) is 0.590. The number of primary amides is 1. The molecule has 0 aliphatic heterocycles. The molecule has 0 saturated heterocycles. The third-order valence-electron chi connectivity index (χ3n) is 3.79. The van der Waals surface area contributed by atoms with E-state index in [1.807, 2.05) is 43.5 Å².